The zero-order valence-electron chi connectivity index (χ0n) is 12.5. The summed E-state index contributed by atoms with van der Waals surface area (Å²) in [6.45, 7) is 5.67. The van der Waals surface area contributed by atoms with Crippen molar-refractivity contribution in [2.24, 2.45) is 29.1 Å². The van der Waals surface area contributed by atoms with Gasteiger partial charge in [-0.05, 0) is 61.2 Å². The molecule has 5 atom stereocenters. The molecule has 3 aliphatic carbocycles. The zero-order valence-corrected chi connectivity index (χ0v) is 12.5. The van der Waals surface area contributed by atoms with E-state index in [0.717, 1.165) is 42.7 Å². The molecule has 3 fully saturated rings. The van der Waals surface area contributed by atoms with Gasteiger partial charge in [-0.25, -0.2) is 0 Å². The standard InChI is InChI=1S/C17H28N2/c1-17(2,7-4-8-18)11-19-16-10-12-9-15(16)14-6-3-5-13(12)14/h12-16,19H,3-7,9-11H2,1-2H3. The van der Waals surface area contributed by atoms with E-state index in [2.05, 4.69) is 25.2 Å². The topological polar surface area (TPSA) is 35.8 Å². The molecule has 3 rings (SSSR count). The fourth-order valence-corrected chi connectivity index (χ4v) is 5.19. The van der Waals surface area contributed by atoms with E-state index in [1.165, 1.54) is 32.1 Å². The minimum Gasteiger partial charge on any atom is -0.313 e. The van der Waals surface area contributed by atoms with Crippen LogP contribution in [0.5, 0.6) is 0 Å². The van der Waals surface area contributed by atoms with Crippen molar-refractivity contribution in [3.63, 3.8) is 0 Å². The lowest BCUT2D eigenvalue weighted by atomic mass is 9.78. The monoisotopic (exact) mass is 260 g/mol. The van der Waals surface area contributed by atoms with Crippen LogP contribution in [0.2, 0.25) is 0 Å². The van der Waals surface area contributed by atoms with Gasteiger partial charge in [-0.2, -0.15) is 5.26 Å². The fraction of sp³-hybridized carbons (Fsp3) is 0.941. The van der Waals surface area contributed by atoms with Crippen molar-refractivity contribution in [1.29, 1.82) is 5.26 Å². The molecule has 2 nitrogen and oxygen atoms in total. The van der Waals surface area contributed by atoms with E-state index in [9.17, 15) is 0 Å². The van der Waals surface area contributed by atoms with E-state index < -0.39 is 0 Å². The summed E-state index contributed by atoms with van der Waals surface area (Å²) in [6, 6.07) is 3.06. The molecule has 106 valence electrons. The van der Waals surface area contributed by atoms with Crippen LogP contribution in [0, 0.1) is 40.4 Å². The third-order valence-corrected chi connectivity index (χ3v) is 6.19. The summed E-state index contributed by atoms with van der Waals surface area (Å²) >= 11 is 0. The van der Waals surface area contributed by atoms with Crippen LogP contribution >= 0.6 is 0 Å². The maximum atomic E-state index is 8.73. The Hall–Kier alpha value is -0.550. The van der Waals surface area contributed by atoms with Crippen LogP contribution in [-0.2, 0) is 0 Å². The second-order valence-electron chi connectivity index (χ2n) is 7.96. The van der Waals surface area contributed by atoms with Crippen LogP contribution in [-0.4, -0.2) is 12.6 Å². The third-order valence-electron chi connectivity index (χ3n) is 6.19. The second kappa shape index (κ2) is 5.09. The Morgan fingerprint density at radius 1 is 1.16 bits per heavy atom. The van der Waals surface area contributed by atoms with Crippen LogP contribution < -0.4 is 5.32 Å². The number of hydrogen-bond acceptors (Lipinski definition) is 2. The van der Waals surface area contributed by atoms with Crippen LogP contribution in [0.25, 0.3) is 0 Å². The molecule has 0 aromatic heterocycles. The van der Waals surface area contributed by atoms with Gasteiger partial charge in [0.1, 0.15) is 0 Å². The molecule has 0 spiro atoms. The average Bonchev–Trinajstić information content (AvgIpc) is 3.05. The highest BCUT2D eigenvalue weighted by molar-refractivity contribution is 5.05. The Kier molecular flexibility index (Phi) is 3.60. The number of nitriles is 1. The number of nitrogens with one attached hydrogen (secondary N) is 1. The summed E-state index contributed by atoms with van der Waals surface area (Å²) in [4.78, 5) is 0. The predicted molar refractivity (Wildman–Crippen MR) is 77.5 cm³/mol. The van der Waals surface area contributed by atoms with E-state index in [0.29, 0.717) is 6.42 Å². The van der Waals surface area contributed by atoms with Crippen molar-refractivity contribution < 1.29 is 0 Å². The van der Waals surface area contributed by atoms with Crippen LogP contribution in [0.1, 0.15) is 58.8 Å². The molecule has 0 amide bonds. The molecule has 1 N–H and O–H groups in total. The second-order valence-corrected chi connectivity index (χ2v) is 7.96. The molecule has 2 bridgehead atoms. The van der Waals surface area contributed by atoms with E-state index in [1.807, 2.05) is 0 Å². The number of hydrogen-bond donors (Lipinski definition) is 1. The molecule has 0 saturated heterocycles. The molecule has 0 radical (unpaired) electrons. The lowest BCUT2D eigenvalue weighted by Gasteiger charge is -2.35. The summed E-state index contributed by atoms with van der Waals surface area (Å²) < 4.78 is 0. The van der Waals surface area contributed by atoms with Crippen molar-refractivity contribution in [3.05, 3.63) is 0 Å². The molecular weight excluding hydrogens is 232 g/mol. The van der Waals surface area contributed by atoms with Gasteiger partial charge in [0.25, 0.3) is 0 Å². The molecule has 5 unspecified atom stereocenters. The third kappa shape index (κ3) is 2.55. The van der Waals surface area contributed by atoms with Crippen LogP contribution in [0.3, 0.4) is 0 Å². The molecule has 19 heavy (non-hydrogen) atoms. The first-order chi connectivity index (χ1) is 9.11. The predicted octanol–water partition coefficient (Wildman–Crippen LogP) is 3.73. The van der Waals surface area contributed by atoms with Gasteiger partial charge in [0, 0.05) is 19.0 Å². The highest BCUT2D eigenvalue weighted by Gasteiger charge is 2.53. The lowest BCUT2D eigenvalue weighted by Crippen LogP contribution is -2.43. The van der Waals surface area contributed by atoms with Crippen molar-refractivity contribution in [2.45, 2.75) is 64.8 Å². The molecule has 0 aliphatic heterocycles. The summed E-state index contributed by atoms with van der Waals surface area (Å²) in [5.74, 6) is 4.16. The van der Waals surface area contributed by atoms with Crippen LogP contribution in [0.15, 0.2) is 0 Å². The summed E-state index contributed by atoms with van der Waals surface area (Å²) in [5.41, 5.74) is 0.270. The van der Waals surface area contributed by atoms with Gasteiger partial charge in [0.2, 0.25) is 0 Å². The highest BCUT2D eigenvalue weighted by Crippen LogP contribution is 2.58. The summed E-state index contributed by atoms with van der Waals surface area (Å²) in [6.07, 6.45) is 9.15. The Balaban J connectivity index is 1.51. The average molecular weight is 260 g/mol. The van der Waals surface area contributed by atoms with E-state index in [1.54, 1.807) is 0 Å². The van der Waals surface area contributed by atoms with Crippen molar-refractivity contribution in [2.75, 3.05) is 6.54 Å². The summed E-state index contributed by atoms with van der Waals surface area (Å²) in [7, 11) is 0. The smallest absolute Gasteiger partial charge is 0.0621 e. The van der Waals surface area contributed by atoms with Gasteiger partial charge >= 0.3 is 0 Å². The van der Waals surface area contributed by atoms with E-state index in [-0.39, 0.29) is 5.41 Å². The van der Waals surface area contributed by atoms with Gasteiger partial charge < -0.3 is 5.32 Å². The fourth-order valence-electron chi connectivity index (χ4n) is 5.19. The van der Waals surface area contributed by atoms with Gasteiger partial charge in [-0.15, -0.1) is 0 Å². The molecule has 2 heteroatoms. The molecule has 3 saturated carbocycles. The van der Waals surface area contributed by atoms with Crippen molar-refractivity contribution >= 4 is 0 Å². The largest absolute Gasteiger partial charge is 0.313 e. The number of fused-ring (bicyclic) bond motifs is 5. The quantitative estimate of drug-likeness (QED) is 0.817. The first-order valence-corrected chi connectivity index (χ1v) is 8.21. The molecule has 0 aromatic carbocycles. The number of nitrogens with zero attached hydrogens (tertiary/aromatic N) is 1. The Bertz CT molecular complexity index is 368. The van der Waals surface area contributed by atoms with Gasteiger partial charge in [-0.1, -0.05) is 20.3 Å². The normalized spacial score (nSPS) is 40.4. The molecular formula is C17H28N2. The molecule has 0 heterocycles. The first kappa shape index (κ1) is 13.4. The van der Waals surface area contributed by atoms with E-state index in [4.69, 9.17) is 5.26 Å². The molecule has 3 aliphatic rings. The van der Waals surface area contributed by atoms with Crippen LogP contribution in [0.4, 0.5) is 0 Å². The molecule has 0 aromatic rings. The maximum Gasteiger partial charge on any atom is 0.0621 e. The van der Waals surface area contributed by atoms with Crippen molar-refractivity contribution in [1.82, 2.24) is 5.32 Å². The zero-order chi connectivity index (χ0) is 13.5. The first-order valence-electron chi connectivity index (χ1n) is 8.21. The Morgan fingerprint density at radius 2 is 1.95 bits per heavy atom. The maximum absolute atomic E-state index is 8.73. The Labute approximate surface area is 118 Å². The van der Waals surface area contributed by atoms with Crippen molar-refractivity contribution in [3.8, 4) is 6.07 Å². The Morgan fingerprint density at radius 3 is 2.74 bits per heavy atom. The van der Waals surface area contributed by atoms with E-state index >= 15 is 0 Å². The highest BCUT2D eigenvalue weighted by atomic mass is 15.0. The minimum atomic E-state index is 0.270. The summed E-state index contributed by atoms with van der Waals surface area (Å²) in [5, 5.41) is 12.6. The SMILES string of the molecule is CC(C)(CCC#N)CNC1CC2CC1C1CCCC21. The minimum absolute atomic E-state index is 0.270. The number of rotatable bonds is 5. The van der Waals surface area contributed by atoms with Gasteiger partial charge in [0.05, 0.1) is 6.07 Å². The van der Waals surface area contributed by atoms with Gasteiger partial charge in [0.15, 0.2) is 0 Å². The lowest BCUT2D eigenvalue weighted by molar-refractivity contribution is 0.190. The van der Waals surface area contributed by atoms with Gasteiger partial charge in [-0.3, -0.25) is 0 Å².